The summed E-state index contributed by atoms with van der Waals surface area (Å²) in [5.74, 6) is -3.92. The van der Waals surface area contributed by atoms with E-state index >= 15 is 0 Å². The Morgan fingerprint density at radius 3 is 2.57 bits per heavy atom. The number of ether oxygens (including phenoxy) is 1. The first kappa shape index (κ1) is 14.3. The highest BCUT2D eigenvalue weighted by atomic mass is 35.5. The van der Waals surface area contributed by atoms with Crippen LogP contribution in [0, 0.1) is 17.7 Å². The summed E-state index contributed by atoms with van der Waals surface area (Å²) >= 11 is 5.65. The molecule has 0 spiro atoms. The lowest BCUT2D eigenvalue weighted by molar-refractivity contribution is -0.147. The first-order valence-corrected chi connectivity index (χ1v) is 6.99. The van der Waals surface area contributed by atoms with E-state index in [1.165, 1.54) is 12.1 Å². The van der Waals surface area contributed by atoms with Crippen LogP contribution in [0.5, 0.6) is 0 Å². The topological polar surface area (TPSA) is 75.6 Å². The number of carboxylic acid groups (broad SMARTS) is 1. The van der Waals surface area contributed by atoms with Crippen molar-refractivity contribution in [2.75, 3.05) is 5.32 Å². The molecule has 0 saturated carbocycles. The van der Waals surface area contributed by atoms with Crippen LogP contribution in [-0.4, -0.2) is 29.2 Å². The van der Waals surface area contributed by atoms with Crippen molar-refractivity contribution in [2.24, 2.45) is 11.8 Å². The average molecular weight is 314 g/mol. The lowest BCUT2D eigenvalue weighted by Crippen LogP contribution is -2.41. The van der Waals surface area contributed by atoms with Gasteiger partial charge in [-0.3, -0.25) is 9.59 Å². The van der Waals surface area contributed by atoms with Crippen LogP contribution in [0.2, 0.25) is 5.02 Å². The summed E-state index contributed by atoms with van der Waals surface area (Å²) < 4.78 is 19.2. The number of carboxylic acids is 1. The van der Waals surface area contributed by atoms with Crippen molar-refractivity contribution in [1.82, 2.24) is 0 Å². The number of anilines is 1. The Bertz CT molecular complexity index is 609. The molecule has 21 heavy (non-hydrogen) atoms. The number of carbonyl (C=O) groups is 2. The number of hydrogen-bond acceptors (Lipinski definition) is 3. The zero-order chi connectivity index (χ0) is 15.1. The maximum Gasteiger partial charge on any atom is 0.310 e. The highest BCUT2D eigenvalue weighted by Gasteiger charge is 2.55. The number of hydrogen-bond donors (Lipinski definition) is 2. The van der Waals surface area contributed by atoms with Gasteiger partial charge in [0.05, 0.1) is 29.7 Å². The van der Waals surface area contributed by atoms with Crippen molar-refractivity contribution in [2.45, 2.75) is 25.0 Å². The van der Waals surface area contributed by atoms with E-state index in [0.717, 1.165) is 6.07 Å². The monoisotopic (exact) mass is 313 g/mol. The Hall–Kier alpha value is -1.66. The van der Waals surface area contributed by atoms with Gasteiger partial charge < -0.3 is 15.2 Å². The molecule has 0 unspecified atom stereocenters. The normalized spacial score (nSPS) is 30.4. The van der Waals surface area contributed by atoms with Gasteiger partial charge in [0.1, 0.15) is 5.82 Å². The third kappa shape index (κ3) is 2.49. The molecule has 2 fully saturated rings. The van der Waals surface area contributed by atoms with E-state index in [-0.39, 0.29) is 10.7 Å². The number of halogens is 2. The largest absolute Gasteiger partial charge is 0.481 e. The highest BCUT2D eigenvalue weighted by molar-refractivity contribution is 6.30. The predicted octanol–water partition coefficient (Wildman–Crippen LogP) is 2.30. The smallest absolute Gasteiger partial charge is 0.310 e. The lowest BCUT2D eigenvalue weighted by Gasteiger charge is -2.23. The predicted molar refractivity (Wildman–Crippen MR) is 72.6 cm³/mol. The zero-order valence-corrected chi connectivity index (χ0v) is 11.6. The molecule has 1 amide bonds. The van der Waals surface area contributed by atoms with Crippen LogP contribution >= 0.6 is 11.6 Å². The van der Waals surface area contributed by atoms with Gasteiger partial charge in [0.15, 0.2) is 0 Å². The summed E-state index contributed by atoms with van der Waals surface area (Å²) in [4.78, 5) is 23.6. The first-order valence-electron chi connectivity index (χ1n) is 6.61. The molecule has 1 aromatic rings. The highest BCUT2D eigenvalue weighted by Crippen LogP contribution is 2.44. The third-order valence-corrected chi connectivity index (χ3v) is 4.29. The Balaban J connectivity index is 1.80. The molecule has 0 radical (unpaired) electrons. The molecule has 112 valence electrons. The maximum absolute atomic E-state index is 13.7. The summed E-state index contributed by atoms with van der Waals surface area (Å²) in [6.45, 7) is 0. The van der Waals surface area contributed by atoms with Crippen LogP contribution < -0.4 is 5.32 Å². The second-order valence-corrected chi connectivity index (χ2v) is 5.73. The molecule has 2 saturated heterocycles. The van der Waals surface area contributed by atoms with Gasteiger partial charge in [-0.15, -0.1) is 0 Å². The molecule has 2 bridgehead atoms. The van der Waals surface area contributed by atoms with Crippen LogP contribution in [-0.2, 0) is 14.3 Å². The minimum Gasteiger partial charge on any atom is -0.481 e. The van der Waals surface area contributed by atoms with Gasteiger partial charge in [0, 0.05) is 5.02 Å². The van der Waals surface area contributed by atoms with E-state index in [1.54, 1.807) is 0 Å². The van der Waals surface area contributed by atoms with Gasteiger partial charge in [-0.2, -0.15) is 0 Å². The Kier molecular flexibility index (Phi) is 3.59. The van der Waals surface area contributed by atoms with E-state index in [9.17, 15) is 19.1 Å². The fourth-order valence-corrected chi connectivity index (χ4v) is 3.29. The molecule has 0 aliphatic carbocycles. The van der Waals surface area contributed by atoms with Crippen LogP contribution in [0.25, 0.3) is 0 Å². The fraction of sp³-hybridized carbons (Fsp3) is 0.429. The fourth-order valence-electron chi connectivity index (χ4n) is 3.13. The number of amides is 1. The molecule has 5 nitrogen and oxygen atoms in total. The zero-order valence-electron chi connectivity index (χ0n) is 10.9. The quantitative estimate of drug-likeness (QED) is 0.898. The molecule has 1 aromatic carbocycles. The van der Waals surface area contributed by atoms with E-state index in [2.05, 4.69) is 5.32 Å². The van der Waals surface area contributed by atoms with Crippen molar-refractivity contribution >= 4 is 29.2 Å². The van der Waals surface area contributed by atoms with Crippen molar-refractivity contribution < 1.29 is 23.8 Å². The van der Waals surface area contributed by atoms with Gasteiger partial charge in [-0.25, -0.2) is 4.39 Å². The van der Waals surface area contributed by atoms with Gasteiger partial charge in [0.2, 0.25) is 5.91 Å². The lowest BCUT2D eigenvalue weighted by atomic mass is 9.78. The second kappa shape index (κ2) is 5.27. The summed E-state index contributed by atoms with van der Waals surface area (Å²) in [7, 11) is 0. The van der Waals surface area contributed by atoms with Crippen molar-refractivity contribution in [3.63, 3.8) is 0 Å². The van der Waals surface area contributed by atoms with Gasteiger partial charge in [0.25, 0.3) is 0 Å². The van der Waals surface area contributed by atoms with Gasteiger partial charge in [-0.1, -0.05) is 11.6 Å². The molecule has 0 aromatic heterocycles. The molecule has 4 atom stereocenters. The second-order valence-electron chi connectivity index (χ2n) is 5.29. The average Bonchev–Trinajstić information content (AvgIpc) is 3.02. The molecule has 7 heteroatoms. The van der Waals surface area contributed by atoms with Gasteiger partial charge in [-0.05, 0) is 31.0 Å². The summed E-state index contributed by atoms with van der Waals surface area (Å²) in [6, 6.07) is 3.88. The molecule has 3 rings (SSSR count). The number of benzene rings is 1. The summed E-state index contributed by atoms with van der Waals surface area (Å²) in [5.41, 5.74) is -0.0173. The number of rotatable bonds is 3. The SMILES string of the molecule is O=C(O)[C@@H]1[C@@H](C(=O)Nc2ccc(Cl)cc2F)[C@H]2CC[C@@H]1O2. The number of aliphatic carboxylic acids is 1. The van der Waals surface area contributed by atoms with Crippen LogP contribution in [0.1, 0.15) is 12.8 Å². The molecule has 2 N–H and O–H groups in total. The maximum atomic E-state index is 13.7. The standard InChI is InChI=1S/C14H13ClFNO4/c15-6-1-2-8(7(16)5-6)17-13(18)11-9-3-4-10(21-9)12(11)14(19)20/h1-2,5,9-12H,3-4H2,(H,17,18)(H,19,20)/t9-,10+,11+,12+/m1/s1. The molecular formula is C14H13ClFNO4. The molecule has 2 heterocycles. The minimum absolute atomic E-state index is 0.0173. The van der Waals surface area contributed by atoms with E-state index in [4.69, 9.17) is 16.3 Å². The summed E-state index contributed by atoms with van der Waals surface area (Å²) in [6.07, 6.45) is 0.445. The number of fused-ring (bicyclic) bond motifs is 2. The van der Waals surface area contributed by atoms with Crippen LogP contribution in [0.4, 0.5) is 10.1 Å². The third-order valence-electron chi connectivity index (χ3n) is 4.05. The van der Waals surface area contributed by atoms with Crippen molar-refractivity contribution in [3.8, 4) is 0 Å². The number of nitrogens with one attached hydrogen (secondary N) is 1. The summed E-state index contributed by atoms with van der Waals surface area (Å²) in [5, 5.41) is 11.9. The van der Waals surface area contributed by atoms with Crippen LogP contribution in [0.3, 0.4) is 0 Å². The molecule has 2 aliphatic heterocycles. The van der Waals surface area contributed by atoms with Crippen LogP contribution in [0.15, 0.2) is 18.2 Å². The van der Waals surface area contributed by atoms with Crippen molar-refractivity contribution in [3.05, 3.63) is 29.0 Å². The minimum atomic E-state index is -1.06. The molecule has 2 aliphatic rings. The van der Waals surface area contributed by atoms with Gasteiger partial charge >= 0.3 is 5.97 Å². The first-order chi connectivity index (χ1) is 9.97. The van der Waals surface area contributed by atoms with E-state index < -0.39 is 41.7 Å². The Morgan fingerprint density at radius 1 is 1.29 bits per heavy atom. The molecular weight excluding hydrogens is 301 g/mol. The Labute approximate surface area is 125 Å². The van der Waals surface area contributed by atoms with E-state index in [1.807, 2.05) is 0 Å². The van der Waals surface area contributed by atoms with Crippen molar-refractivity contribution in [1.29, 1.82) is 0 Å². The van der Waals surface area contributed by atoms with E-state index in [0.29, 0.717) is 12.8 Å². The number of carbonyl (C=O) groups excluding carboxylic acids is 1. The Morgan fingerprint density at radius 2 is 1.95 bits per heavy atom.